The van der Waals surface area contributed by atoms with Crippen molar-refractivity contribution >= 4 is 6.03 Å². The minimum Gasteiger partial charge on any atom is -0.391 e. The molecule has 2 aliphatic rings. The summed E-state index contributed by atoms with van der Waals surface area (Å²) in [5, 5.41) is 12.9. The lowest BCUT2D eigenvalue weighted by atomic mass is 9.98. The van der Waals surface area contributed by atoms with E-state index >= 15 is 0 Å². The van der Waals surface area contributed by atoms with Crippen molar-refractivity contribution in [3.63, 3.8) is 0 Å². The normalized spacial score (nSPS) is 23.6. The first-order chi connectivity index (χ1) is 9.97. The van der Waals surface area contributed by atoms with E-state index < -0.39 is 0 Å². The summed E-state index contributed by atoms with van der Waals surface area (Å²) in [7, 11) is 1.76. The van der Waals surface area contributed by atoms with E-state index in [4.69, 9.17) is 0 Å². The number of carbonyl (C=O) groups is 1. The summed E-state index contributed by atoms with van der Waals surface area (Å²) >= 11 is 0. The predicted octanol–water partition coefficient (Wildman–Crippen LogP) is 1.52. The molecule has 0 aromatic carbocycles. The Hall–Kier alpha value is -0.810. The molecule has 1 saturated carbocycles. The zero-order valence-corrected chi connectivity index (χ0v) is 13.7. The highest BCUT2D eigenvalue weighted by Gasteiger charge is 2.31. The Bertz CT molecular complexity index is 338. The summed E-state index contributed by atoms with van der Waals surface area (Å²) < 4.78 is 0. The standard InChI is InChI=1S/C16H31N3O2/c1-12-6-8-19(9-7-12)13(2)10-17-16(21)18(3)11-15(20)14-4-5-14/h12-15,20H,4-11H2,1-3H3,(H,17,21). The maximum atomic E-state index is 12.0. The number of aliphatic hydroxyl groups excluding tert-OH is 1. The molecule has 1 aliphatic carbocycles. The number of piperidine rings is 1. The summed E-state index contributed by atoms with van der Waals surface area (Å²) in [6, 6.07) is 0.301. The van der Waals surface area contributed by atoms with Gasteiger partial charge < -0.3 is 15.3 Å². The highest BCUT2D eigenvalue weighted by molar-refractivity contribution is 5.73. The first-order valence-corrected chi connectivity index (χ1v) is 8.38. The van der Waals surface area contributed by atoms with Gasteiger partial charge in [-0.15, -0.1) is 0 Å². The van der Waals surface area contributed by atoms with Gasteiger partial charge in [0.2, 0.25) is 0 Å². The van der Waals surface area contributed by atoms with Gasteiger partial charge in [-0.05, 0) is 57.5 Å². The second-order valence-electron chi connectivity index (χ2n) is 7.04. The van der Waals surface area contributed by atoms with Crippen LogP contribution >= 0.6 is 0 Å². The Morgan fingerprint density at radius 2 is 1.95 bits per heavy atom. The Balaban J connectivity index is 1.65. The summed E-state index contributed by atoms with van der Waals surface area (Å²) in [6.45, 7) is 7.87. The number of urea groups is 1. The fourth-order valence-corrected chi connectivity index (χ4v) is 2.96. The molecule has 2 amide bonds. The summed E-state index contributed by atoms with van der Waals surface area (Å²) in [5.74, 6) is 1.24. The van der Waals surface area contributed by atoms with Crippen LogP contribution in [0.4, 0.5) is 4.79 Å². The highest BCUT2D eigenvalue weighted by atomic mass is 16.3. The Morgan fingerprint density at radius 1 is 1.33 bits per heavy atom. The molecule has 2 fully saturated rings. The van der Waals surface area contributed by atoms with Crippen LogP contribution in [0.25, 0.3) is 0 Å². The maximum absolute atomic E-state index is 12.0. The topological polar surface area (TPSA) is 55.8 Å². The van der Waals surface area contributed by atoms with E-state index in [-0.39, 0.29) is 12.1 Å². The van der Waals surface area contributed by atoms with Crippen molar-refractivity contribution in [3.8, 4) is 0 Å². The number of hydrogen-bond acceptors (Lipinski definition) is 3. The number of nitrogens with one attached hydrogen (secondary N) is 1. The SMILES string of the molecule is CC1CCN(C(C)CNC(=O)N(C)CC(O)C2CC2)CC1. The highest BCUT2D eigenvalue weighted by Crippen LogP contribution is 2.32. The van der Waals surface area contributed by atoms with Crippen LogP contribution in [0.1, 0.15) is 39.5 Å². The fourth-order valence-electron chi connectivity index (χ4n) is 2.96. The molecule has 0 aromatic heterocycles. The lowest BCUT2D eigenvalue weighted by Gasteiger charge is -2.35. The van der Waals surface area contributed by atoms with Gasteiger partial charge in [-0.1, -0.05) is 6.92 Å². The Kier molecular flexibility index (Phi) is 5.88. The number of nitrogens with zero attached hydrogens (tertiary/aromatic N) is 2. The third-order valence-electron chi connectivity index (χ3n) is 4.96. The first-order valence-electron chi connectivity index (χ1n) is 8.38. The zero-order valence-electron chi connectivity index (χ0n) is 13.7. The van der Waals surface area contributed by atoms with Crippen LogP contribution in [0.15, 0.2) is 0 Å². The van der Waals surface area contributed by atoms with Gasteiger partial charge in [0.15, 0.2) is 0 Å². The van der Waals surface area contributed by atoms with Crippen LogP contribution in [0.3, 0.4) is 0 Å². The Labute approximate surface area is 128 Å². The van der Waals surface area contributed by atoms with Crippen LogP contribution < -0.4 is 5.32 Å². The van der Waals surface area contributed by atoms with E-state index in [2.05, 4.69) is 24.1 Å². The monoisotopic (exact) mass is 297 g/mol. The minimum absolute atomic E-state index is 0.0769. The number of aliphatic hydroxyl groups is 1. The smallest absolute Gasteiger partial charge is 0.317 e. The maximum Gasteiger partial charge on any atom is 0.317 e. The van der Waals surface area contributed by atoms with E-state index in [1.807, 2.05) is 0 Å². The molecule has 5 heteroatoms. The van der Waals surface area contributed by atoms with Crippen molar-refractivity contribution in [1.82, 2.24) is 15.1 Å². The molecule has 1 heterocycles. The molecular formula is C16H31N3O2. The molecule has 1 aliphatic heterocycles. The van der Waals surface area contributed by atoms with Crippen molar-refractivity contribution in [2.24, 2.45) is 11.8 Å². The molecule has 5 nitrogen and oxygen atoms in total. The third-order valence-corrected chi connectivity index (χ3v) is 4.96. The molecule has 0 radical (unpaired) electrons. The third kappa shape index (κ3) is 5.15. The van der Waals surface area contributed by atoms with Gasteiger partial charge in [0.25, 0.3) is 0 Å². The number of amides is 2. The van der Waals surface area contributed by atoms with Crippen molar-refractivity contribution in [1.29, 1.82) is 0 Å². The molecule has 2 rings (SSSR count). The van der Waals surface area contributed by atoms with Gasteiger partial charge >= 0.3 is 6.03 Å². The zero-order chi connectivity index (χ0) is 15.4. The van der Waals surface area contributed by atoms with Crippen LogP contribution in [-0.4, -0.2) is 66.3 Å². The van der Waals surface area contributed by atoms with Crippen molar-refractivity contribution in [2.75, 3.05) is 33.2 Å². The van der Waals surface area contributed by atoms with Gasteiger partial charge in [0, 0.05) is 26.2 Å². The van der Waals surface area contributed by atoms with E-state index in [1.165, 1.54) is 12.8 Å². The quantitative estimate of drug-likeness (QED) is 0.781. The van der Waals surface area contributed by atoms with Crippen molar-refractivity contribution in [2.45, 2.75) is 51.7 Å². The summed E-state index contributed by atoms with van der Waals surface area (Å²) in [6.07, 6.45) is 4.35. The van der Waals surface area contributed by atoms with Gasteiger partial charge in [-0.2, -0.15) is 0 Å². The lowest BCUT2D eigenvalue weighted by molar-refractivity contribution is 0.111. The molecule has 21 heavy (non-hydrogen) atoms. The van der Waals surface area contributed by atoms with Crippen LogP contribution in [0.2, 0.25) is 0 Å². The average Bonchev–Trinajstić information content (AvgIpc) is 3.29. The van der Waals surface area contributed by atoms with Crippen molar-refractivity contribution in [3.05, 3.63) is 0 Å². The van der Waals surface area contributed by atoms with Gasteiger partial charge in [0.1, 0.15) is 0 Å². The van der Waals surface area contributed by atoms with E-state index in [0.29, 0.717) is 25.0 Å². The molecule has 0 aromatic rings. The van der Waals surface area contributed by atoms with E-state index in [0.717, 1.165) is 31.8 Å². The van der Waals surface area contributed by atoms with Crippen molar-refractivity contribution < 1.29 is 9.90 Å². The summed E-state index contributed by atoms with van der Waals surface area (Å²) in [4.78, 5) is 16.1. The van der Waals surface area contributed by atoms with Crippen LogP contribution in [0, 0.1) is 11.8 Å². The molecule has 1 saturated heterocycles. The molecule has 122 valence electrons. The molecule has 2 unspecified atom stereocenters. The lowest BCUT2D eigenvalue weighted by Crippen LogP contribution is -2.48. The molecular weight excluding hydrogens is 266 g/mol. The van der Waals surface area contributed by atoms with Gasteiger partial charge in [-0.25, -0.2) is 4.79 Å². The average molecular weight is 297 g/mol. The Morgan fingerprint density at radius 3 is 2.52 bits per heavy atom. The van der Waals surface area contributed by atoms with Crippen LogP contribution in [-0.2, 0) is 0 Å². The number of carbonyl (C=O) groups excluding carboxylic acids is 1. The second kappa shape index (κ2) is 7.45. The first kappa shape index (κ1) is 16.6. The summed E-state index contributed by atoms with van der Waals surface area (Å²) in [5.41, 5.74) is 0. The van der Waals surface area contributed by atoms with E-state index in [9.17, 15) is 9.90 Å². The molecule has 2 atom stereocenters. The molecule has 0 spiro atoms. The fraction of sp³-hybridized carbons (Fsp3) is 0.938. The number of hydrogen-bond donors (Lipinski definition) is 2. The second-order valence-corrected chi connectivity index (χ2v) is 7.04. The van der Waals surface area contributed by atoms with E-state index in [1.54, 1.807) is 11.9 Å². The largest absolute Gasteiger partial charge is 0.391 e. The van der Waals surface area contributed by atoms with Crippen LogP contribution in [0.5, 0.6) is 0 Å². The minimum atomic E-state index is -0.359. The van der Waals surface area contributed by atoms with Gasteiger partial charge in [0.05, 0.1) is 6.10 Å². The predicted molar refractivity (Wildman–Crippen MR) is 84.2 cm³/mol. The number of likely N-dealkylation sites (N-methyl/N-ethyl adjacent to an activating group) is 1. The molecule has 2 N–H and O–H groups in total. The number of likely N-dealkylation sites (tertiary alicyclic amines) is 1. The number of rotatable bonds is 6. The van der Waals surface area contributed by atoms with Gasteiger partial charge in [-0.3, -0.25) is 4.90 Å². The molecule has 0 bridgehead atoms.